The molecule has 3 rings (SSSR count). The predicted octanol–water partition coefficient (Wildman–Crippen LogP) is 3.65. The number of Topliss-reactive ketones (excluding diaryl/α,β-unsaturated/α-hetero) is 1. The van der Waals surface area contributed by atoms with Crippen molar-refractivity contribution in [2.75, 3.05) is 6.54 Å². The number of piperidine rings is 1. The Morgan fingerprint density at radius 2 is 2.00 bits per heavy atom. The van der Waals surface area contributed by atoms with E-state index in [1.165, 1.54) is 10.4 Å². The van der Waals surface area contributed by atoms with Crippen molar-refractivity contribution in [2.24, 2.45) is 0 Å². The summed E-state index contributed by atoms with van der Waals surface area (Å²) >= 11 is 1.79. The second-order valence-electron chi connectivity index (χ2n) is 4.97. The van der Waals surface area contributed by atoms with Crippen LogP contribution in [0.4, 0.5) is 0 Å². The smallest absolute Gasteiger partial charge is 0.136 e. The van der Waals surface area contributed by atoms with Crippen molar-refractivity contribution in [3.8, 4) is 0 Å². The molecular formula is C16H17NOS. The average Bonchev–Trinajstić information content (AvgIpc) is 2.95. The summed E-state index contributed by atoms with van der Waals surface area (Å²) in [4.78, 5) is 15.6. The van der Waals surface area contributed by atoms with Crippen LogP contribution in [0.3, 0.4) is 0 Å². The summed E-state index contributed by atoms with van der Waals surface area (Å²) in [6.45, 7) is 1.82. The molecule has 1 unspecified atom stereocenters. The van der Waals surface area contributed by atoms with Gasteiger partial charge in [0.05, 0.1) is 0 Å². The first-order valence-corrected chi connectivity index (χ1v) is 7.54. The van der Waals surface area contributed by atoms with Gasteiger partial charge in [0.1, 0.15) is 5.78 Å². The Bertz CT molecular complexity index is 535. The maximum absolute atomic E-state index is 11.8. The van der Waals surface area contributed by atoms with E-state index in [4.69, 9.17) is 0 Å². The monoisotopic (exact) mass is 271 g/mol. The Kier molecular flexibility index (Phi) is 3.76. The van der Waals surface area contributed by atoms with Gasteiger partial charge in [0.2, 0.25) is 0 Å². The number of likely N-dealkylation sites (tertiary alicyclic amines) is 1. The first-order chi connectivity index (χ1) is 9.33. The molecule has 0 N–H and O–H groups in total. The van der Waals surface area contributed by atoms with E-state index >= 15 is 0 Å². The lowest BCUT2D eigenvalue weighted by Crippen LogP contribution is -2.36. The summed E-state index contributed by atoms with van der Waals surface area (Å²) in [7, 11) is 0. The van der Waals surface area contributed by atoms with E-state index in [1.807, 2.05) is 6.07 Å². The minimum absolute atomic E-state index is 0.240. The van der Waals surface area contributed by atoms with E-state index in [2.05, 4.69) is 46.7 Å². The molecule has 3 heteroatoms. The van der Waals surface area contributed by atoms with Gasteiger partial charge < -0.3 is 0 Å². The van der Waals surface area contributed by atoms with Crippen LogP contribution in [0.2, 0.25) is 0 Å². The third-order valence-corrected chi connectivity index (χ3v) is 4.52. The highest BCUT2D eigenvalue weighted by Crippen LogP contribution is 2.31. The van der Waals surface area contributed by atoms with Crippen LogP contribution in [-0.2, 0) is 11.3 Å². The Balaban J connectivity index is 1.82. The number of thiophene rings is 1. The fourth-order valence-corrected chi connectivity index (χ4v) is 3.40. The molecule has 0 saturated carbocycles. The van der Waals surface area contributed by atoms with E-state index in [-0.39, 0.29) is 6.04 Å². The molecule has 19 heavy (non-hydrogen) atoms. The van der Waals surface area contributed by atoms with Crippen molar-refractivity contribution in [1.82, 2.24) is 4.90 Å². The van der Waals surface area contributed by atoms with E-state index in [0.717, 1.165) is 13.1 Å². The van der Waals surface area contributed by atoms with Gasteiger partial charge in [-0.25, -0.2) is 0 Å². The molecule has 1 aliphatic rings. The number of rotatable bonds is 3. The van der Waals surface area contributed by atoms with Gasteiger partial charge in [0.15, 0.2) is 0 Å². The number of hydrogen-bond donors (Lipinski definition) is 0. The zero-order valence-electron chi connectivity index (χ0n) is 10.8. The van der Waals surface area contributed by atoms with Gasteiger partial charge in [-0.1, -0.05) is 36.4 Å². The molecule has 2 nitrogen and oxygen atoms in total. The fourth-order valence-electron chi connectivity index (χ4n) is 2.67. The van der Waals surface area contributed by atoms with Crippen LogP contribution in [0.5, 0.6) is 0 Å². The van der Waals surface area contributed by atoms with Gasteiger partial charge in [0.25, 0.3) is 0 Å². The summed E-state index contributed by atoms with van der Waals surface area (Å²) in [5.41, 5.74) is 1.26. The highest BCUT2D eigenvalue weighted by molar-refractivity contribution is 7.09. The molecule has 0 radical (unpaired) electrons. The quantitative estimate of drug-likeness (QED) is 0.849. The first-order valence-electron chi connectivity index (χ1n) is 6.66. The van der Waals surface area contributed by atoms with Gasteiger partial charge in [-0.15, -0.1) is 11.3 Å². The summed E-state index contributed by atoms with van der Waals surface area (Å²) in [6, 6.07) is 14.9. The average molecular weight is 271 g/mol. The Morgan fingerprint density at radius 1 is 1.16 bits per heavy atom. The minimum Gasteiger partial charge on any atom is -0.300 e. The molecular weight excluding hydrogens is 254 g/mol. The molecule has 1 saturated heterocycles. The number of hydrogen-bond acceptors (Lipinski definition) is 3. The number of carbonyl (C=O) groups is 1. The Hall–Kier alpha value is -1.45. The van der Waals surface area contributed by atoms with E-state index in [1.54, 1.807) is 11.3 Å². The normalized spacial score (nSPS) is 20.6. The van der Waals surface area contributed by atoms with Gasteiger partial charge >= 0.3 is 0 Å². The lowest BCUT2D eigenvalue weighted by molar-refractivity contribution is -0.123. The van der Waals surface area contributed by atoms with E-state index in [9.17, 15) is 4.79 Å². The number of carbonyl (C=O) groups excluding carboxylic acids is 1. The van der Waals surface area contributed by atoms with Crippen molar-refractivity contribution in [3.63, 3.8) is 0 Å². The molecule has 1 aromatic heterocycles. The number of ketones is 1. The van der Waals surface area contributed by atoms with Gasteiger partial charge in [0, 0.05) is 36.9 Å². The molecule has 1 fully saturated rings. The molecule has 1 aliphatic heterocycles. The lowest BCUT2D eigenvalue weighted by Gasteiger charge is -2.35. The van der Waals surface area contributed by atoms with Gasteiger partial charge in [-0.05, 0) is 17.0 Å². The molecule has 0 aliphatic carbocycles. The molecule has 2 heterocycles. The van der Waals surface area contributed by atoms with Crippen LogP contribution >= 0.6 is 11.3 Å². The second kappa shape index (κ2) is 5.68. The molecule has 0 bridgehead atoms. The fraction of sp³-hybridized carbons (Fsp3) is 0.312. The molecule has 0 spiro atoms. The van der Waals surface area contributed by atoms with E-state index in [0.29, 0.717) is 18.6 Å². The van der Waals surface area contributed by atoms with Crippen molar-refractivity contribution in [1.29, 1.82) is 0 Å². The molecule has 1 atom stereocenters. The maximum Gasteiger partial charge on any atom is 0.136 e. The van der Waals surface area contributed by atoms with Gasteiger partial charge in [-0.2, -0.15) is 0 Å². The zero-order valence-corrected chi connectivity index (χ0v) is 11.6. The minimum atomic E-state index is 0.240. The van der Waals surface area contributed by atoms with Crippen LogP contribution in [0.15, 0.2) is 47.8 Å². The molecule has 98 valence electrons. The number of nitrogens with zero attached hydrogens (tertiary/aromatic N) is 1. The SMILES string of the molecule is O=C1CCN(Cc2cccs2)C(c2ccccc2)C1. The molecule has 2 aromatic rings. The van der Waals surface area contributed by atoms with Gasteiger partial charge in [-0.3, -0.25) is 9.69 Å². The summed E-state index contributed by atoms with van der Waals surface area (Å²) in [5.74, 6) is 0.385. The first kappa shape index (κ1) is 12.6. The highest BCUT2D eigenvalue weighted by Gasteiger charge is 2.28. The third kappa shape index (κ3) is 2.94. The zero-order chi connectivity index (χ0) is 13.1. The maximum atomic E-state index is 11.8. The van der Waals surface area contributed by atoms with Crippen molar-refractivity contribution in [2.45, 2.75) is 25.4 Å². The predicted molar refractivity (Wildman–Crippen MR) is 78.2 cm³/mol. The Morgan fingerprint density at radius 3 is 2.74 bits per heavy atom. The van der Waals surface area contributed by atoms with Crippen molar-refractivity contribution < 1.29 is 4.79 Å². The standard InChI is InChI=1S/C16H17NOS/c18-14-8-9-17(12-15-7-4-10-19-15)16(11-14)13-5-2-1-3-6-13/h1-7,10,16H,8-9,11-12H2. The lowest BCUT2D eigenvalue weighted by atomic mass is 9.94. The van der Waals surface area contributed by atoms with Crippen LogP contribution in [0.1, 0.15) is 29.3 Å². The summed E-state index contributed by atoms with van der Waals surface area (Å²) < 4.78 is 0. The third-order valence-electron chi connectivity index (χ3n) is 3.66. The van der Waals surface area contributed by atoms with E-state index < -0.39 is 0 Å². The van der Waals surface area contributed by atoms with Crippen LogP contribution in [0, 0.1) is 0 Å². The summed E-state index contributed by atoms with van der Waals surface area (Å²) in [6.07, 6.45) is 1.34. The van der Waals surface area contributed by atoms with Crippen LogP contribution in [-0.4, -0.2) is 17.2 Å². The highest BCUT2D eigenvalue weighted by atomic mass is 32.1. The van der Waals surface area contributed by atoms with Crippen molar-refractivity contribution >= 4 is 17.1 Å². The molecule has 0 amide bonds. The van der Waals surface area contributed by atoms with Crippen LogP contribution < -0.4 is 0 Å². The largest absolute Gasteiger partial charge is 0.300 e. The Labute approximate surface area is 117 Å². The van der Waals surface area contributed by atoms with Crippen LogP contribution in [0.25, 0.3) is 0 Å². The van der Waals surface area contributed by atoms with Crippen molar-refractivity contribution in [3.05, 3.63) is 58.3 Å². The topological polar surface area (TPSA) is 20.3 Å². The number of benzene rings is 1. The second-order valence-corrected chi connectivity index (χ2v) is 6.00. The molecule has 1 aromatic carbocycles. The summed E-state index contributed by atoms with van der Waals surface area (Å²) in [5, 5.41) is 2.11.